The van der Waals surface area contributed by atoms with Crippen molar-refractivity contribution in [1.82, 2.24) is 24.1 Å². The summed E-state index contributed by atoms with van der Waals surface area (Å²) >= 11 is 0. The van der Waals surface area contributed by atoms with Gasteiger partial charge in [0.25, 0.3) is 0 Å². The number of aromatic nitrogens is 2. The summed E-state index contributed by atoms with van der Waals surface area (Å²) in [7, 11) is -3.13. The number of rotatable bonds is 8. The standard InChI is InChI=1S/C33H51N5O2S/c1-41(39,40)34-14-16-36-15-13-26(23-36)20-33-35-31-11-4-5-12-32(31)38(33)30-21-27-9-6-10-28(22-30)37(27)29-18-24-7-2-3-8-25(17-24)19-29/h4-5,11-12,24-30,34H,2-3,6-10,13-23H2,1H3/t24-,25+,26-,27-,28+,29?,30?/m0/s1. The van der Waals surface area contributed by atoms with E-state index in [9.17, 15) is 8.42 Å². The van der Waals surface area contributed by atoms with Crippen LogP contribution in [0.4, 0.5) is 0 Å². The minimum atomic E-state index is -3.13. The highest BCUT2D eigenvalue weighted by Crippen LogP contribution is 2.47. The summed E-state index contributed by atoms with van der Waals surface area (Å²) in [5.74, 6) is 3.83. The number of imidazole rings is 1. The molecule has 2 aromatic rings. The molecule has 3 aliphatic heterocycles. The molecule has 226 valence electrons. The van der Waals surface area contributed by atoms with E-state index in [0.29, 0.717) is 18.5 Å². The van der Waals surface area contributed by atoms with Gasteiger partial charge in [-0.15, -0.1) is 0 Å². The Morgan fingerprint density at radius 3 is 2.32 bits per heavy atom. The highest BCUT2D eigenvalue weighted by atomic mass is 32.2. The third-order valence-corrected chi connectivity index (χ3v) is 12.2. The molecular formula is C33H51N5O2S. The number of nitrogens with one attached hydrogen (secondary N) is 1. The molecule has 0 spiro atoms. The van der Waals surface area contributed by atoms with Gasteiger partial charge in [0.2, 0.25) is 10.0 Å². The Bertz CT molecular complexity index is 1280. The van der Waals surface area contributed by atoms with Crippen molar-refractivity contribution in [3.8, 4) is 0 Å². The van der Waals surface area contributed by atoms with E-state index in [4.69, 9.17) is 4.98 Å². The maximum Gasteiger partial charge on any atom is 0.208 e. The van der Waals surface area contributed by atoms with Crippen LogP contribution in [0.5, 0.6) is 0 Å². The summed E-state index contributed by atoms with van der Waals surface area (Å²) in [4.78, 5) is 10.8. The van der Waals surface area contributed by atoms with Gasteiger partial charge in [0.15, 0.2) is 0 Å². The van der Waals surface area contributed by atoms with Crippen molar-refractivity contribution < 1.29 is 8.42 Å². The minimum absolute atomic E-state index is 0.494. The van der Waals surface area contributed by atoms with E-state index in [-0.39, 0.29) is 0 Å². The predicted octanol–water partition coefficient (Wildman–Crippen LogP) is 5.37. The summed E-state index contributed by atoms with van der Waals surface area (Å²) in [6.07, 6.45) is 20.5. The summed E-state index contributed by atoms with van der Waals surface area (Å²) in [5, 5.41) is 0. The van der Waals surface area contributed by atoms with Gasteiger partial charge in [0, 0.05) is 50.2 Å². The minimum Gasteiger partial charge on any atom is -0.325 e. The van der Waals surface area contributed by atoms with Crippen LogP contribution in [0.15, 0.2) is 24.3 Å². The SMILES string of the molecule is CS(=O)(=O)NCCN1CC[C@@H](Cc2nc3ccccc3n2C2C[C@H]3CCC[C@@H](C2)N3C2C[C@H]3CCCC[C@@H](C2)C3)C1. The topological polar surface area (TPSA) is 70.5 Å². The zero-order valence-corrected chi connectivity index (χ0v) is 25.9. The Morgan fingerprint density at radius 2 is 1.59 bits per heavy atom. The molecular weight excluding hydrogens is 530 g/mol. The quantitative estimate of drug-likeness (QED) is 0.454. The van der Waals surface area contributed by atoms with Crippen molar-refractivity contribution in [3.05, 3.63) is 30.1 Å². The molecule has 4 bridgehead atoms. The number of likely N-dealkylation sites (tertiary alicyclic amines) is 1. The lowest BCUT2D eigenvalue weighted by molar-refractivity contribution is -0.0420. The van der Waals surface area contributed by atoms with E-state index < -0.39 is 10.0 Å². The van der Waals surface area contributed by atoms with Gasteiger partial charge in [0.1, 0.15) is 5.82 Å². The third kappa shape index (κ3) is 6.27. The van der Waals surface area contributed by atoms with Crippen LogP contribution in [0.1, 0.15) is 95.3 Å². The second-order valence-electron chi connectivity index (χ2n) is 14.4. The first-order valence-electron chi connectivity index (χ1n) is 16.8. The van der Waals surface area contributed by atoms with E-state index in [2.05, 4.69) is 43.4 Å². The molecule has 1 aromatic carbocycles. The highest BCUT2D eigenvalue weighted by Gasteiger charge is 2.45. The lowest BCUT2D eigenvalue weighted by atomic mass is 9.73. The second kappa shape index (κ2) is 11.9. The van der Waals surface area contributed by atoms with Gasteiger partial charge in [-0.25, -0.2) is 18.1 Å². The van der Waals surface area contributed by atoms with Gasteiger partial charge in [-0.1, -0.05) is 44.2 Å². The summed E-state index contributed by atoms with van der Waals surface area (Å²) in [6, 6.07) is 11.7. The van der Waals surface area contributed by atoms with Crippen molar-refractivity contribution in [1.29, 1.82) is 0 Å². The monoisotopic (exact) mass is 581 g/mol. The molecule has 8 heteroatoms. The number of sulfonamides is 1. The molecule has 3 saturated heterocycles. The lowest BCUT2D eigenvalue weighted by Gasteiger charge is -2.54. The van der Waals surface area contributed by atoms with Gasteiger partial charge in [-0.3, -0.25) is 4.90 Å². The number of hydrogen-bond acceptors (Lipinski definition) is 5. The molecule has 41 heavy (non-hydrogen) atoms. The number of fused-ring (bicyclic) bond motifs is 5. The number of nitrogens with zero attached hydrogens (tertiary/aromatic N) is 4. The van der Waals surface area contributed by atoms with Crippen molar-refractivity contribution in [3.63, 3.8) is 0 Å². The molecule has 7 nitrogen and oxygen atoms in total. The Balaban J connectivity index is 1.08. The molecule has 7 rings (SSSR count). The number of para-hydroxylation sites is 2. The fourth-order valence-corrected chi connectivity index (χ4v) is 10.3. The van der Waals surface area contributed by atoms with Crippen LogP contribution in [0.3, 0.4) is 0 Å². The van der Waals surface area contributed by atoms with Gasteiger partial charge in [-0.2, -0.15) is 0 Å². The van der Waals surface area contributed by atoms with Crippen LogP contribution in [-0.4, -0.2) is 78.3 Å². The first kappa shape index (κ1) is 28.3. The number of hydrogen-bond donors (Lipinski definition) is 1. The summed E-state index contributed by atoms with van der Waals surface area (Å²) in [6.45, 7) is 3.35. The van der Waals surface area contributed by atoms with E-state index >= 15 is 0 Å². The maximum atomic E-state index is 11.5. The molecule has 0 radical (unpaired) electrons. The van der Waals surface area contributed by atoms with E-state index in [0.717, 1.165) is 68.0 Å². The molecule has 5 fully saturated rings. The van der Waals surface area contributed by atoms with E-state index in [1.807, 2.05) is 0 Å². The Labute approximate surface area is 247 Å². The predicted molar refractivity (Wildman–Crippen MR) is 165 cm³/mol. The zero-order valence-electron chi connectivity index (χ0n) is 25.1. The summed E-state index contributed by atoms with van der Waals surface area (Å²) < 4.78 is 28.3. The molecule has 2 saturated carbocycles. The fourth-order valence-electron chi connectivity index (χ4n) is 9.88. The Hall–Kier alpha value is -1.48. The molecule has 4 heterocycles. The van der Waals surface area contributed by atoms with Gasteiger partial charge >= 0.3 is 0 Å². The van der Waals surface area contributed by atoms with Crippen LogP contribution in [-0.2, 0) is 16.4 Å². The number of piperidine rings is 2. The first-order valence-corrected chi connectivity index (χ1v) is 18.7. The lowest BCUT2D eigenvalue weighted by Crippen LogP contribution is -2.58. The van der Waals surface area contributed by atoms with Crippen LogP contribution in [0.25, 0.3) is 11.0 Å². The van der Waals surface area contributed by atoms with Crippen LogP contribution >= 0.6 is 0 Å². The molecule has 5 aliphatic rings. The van der Waals surface area contributed by atoms with Gasteiger partial charge < -0.3 is 9.47 Å². The third-order valence-electron chi connectivity index (χ3n) is 11.4. The van der Waals surface area contributed by atoms with Crippen molar-refractivity contribution >= 4 is 21.1 Å². The molecule has 7 atom stereocenters. The zero-order chi connectivity index (χ0) is 28.0. The average Bonchev–Trinajstić information content (AvgIpc) is 3.48. The molecule has 2 aliphatic carbocycles. The second-order valence-corrected chi connectivity index (χ2v) is 16.2. The molecule has 1 N–H and O–H groups in total. The fraction of sp³-hybridized carbons (Fsp3) is 0.788. The van der Waals surface area contributed by atoms with Crippen molar-refractivity contribution in [2.75, 3.05) is 32.4 Å². The highest BCUT2D eigenvalue weighted by molar-refractivity contribution is 7.88. The Morgan fingerprint density at radius 1 is 0.854 bits per heavy atom. The van der Waals surface area contributed by atoms with Gasteiger partial charge in [0.05, 0.1) is 17.3 Å². The number of benzene rings is 1. The normalized spacial score (nSPS) is 35.1. The van der Waals surface area contributed by atoms with Crippen LogP contribution in [0, 0.1) is 17.8 Å². The van der Waals surface area contributed by atoms with Crippen molar-refractivity contribution in [2.45, 2.75) is 114 Å². The van der Waals surface area contributed by atoms with Crippen LogP contribution in [0.2, 0.25) is 0 Å². The summed E-state index contributed by atoms with van der Waals surface area (Å²) in [5.41, 5.74) is 2.48. The molecule has 0 amide bonds. The van der Waals surface area contributed by atoms with Crippen LogP contribution < -0.4 is 4.72 Å². The van der Waals surface area contributed by atoms with E-state index in [1.165, 1.54) is 94.6 Å². The smallest absolute Gasteiger partial charge is 0.208 e. The van der Waals surface area contributed by atoms with Gasteiger partial charge in [-0.05, 0) is 87.8 Å². The Kier molecular flexibility index (Phi) is 8.21. The molecule has 2 unspecified atom stereocenters. The maximum absolute atomic E-state index is 11.5. The first-order chi connectivity index (χ1) is 19.9. The largest absolute Gasteiger partial charge is 0.325 e. The van der Waals surface area contributed by atoms with E-state index in [1.54, 1.807) is 0 Å². The average molecular weight is 582 g/mol. The van der Waals surface area contributed by atoms with Crippen molar-refractivity contribution in [2.24, 2.45) is 17.8 Å². The molecule has 1 aromatic heterocycles.